The number of rotatable bonds is 6. The fourth-order valence-corrected chi connectivity index (χ4v) is 2.01. The maximum atomic E-state index is 12.2. The van der Waals surface area contributed by atoms with Gasteiger partial charge in [0.25, 0.3) is 5.91 Å². The van der Waals surface area contributed by atoms with Crippen molar-refractivity contribution in [2.45, 2.75) is 26.3 Å². The summed E-state index contributed by atoms with van der Waals surface area (Å²) in [6.45, 7) is 2.51. The molecule has 2 aromatic heterocycles. The summed E-state index contributed by atoms with van der Waals surface area (Å²) in [7, 11) is 1.80. The lowest BCUT2D eigenvalue weighted by atomic mass is 10.1. The predicted molar refractivity (Wildman–Crippen MR) is 83.2 cm³/mol. The number of nitrogens with one attached hydrogen (secondary N) is 2. The highest BCUT2D eigenvalue weighted by Gasteiger charge is 2.09. The van der Waals surface area contributed by atoms with Crippen LogP contribution in [-0.4, -0.2) is 22.9 Å². The van der Waals surface area contributed by atoms with Gasteiger partial charge >= 0.3 is 0 Å². The van der Waals surface area contributed by atoms with Crippen molar-refractivity contribution in [2.75, 3.05) is 12.4 Å². The first-order chi connectivity index (χ1) is 10.2. The van der Waals surface area contributed by atoms with Gasteiger partial charge in [0.2, 0.25) is 0 Å². The van der Waals surface area contributed by atoms with E-state index in [0.717, 1.165) is 24.2 Å². The fraction of sp³-hybridized carbons (Fsp3) is 0.312. The summed E-state index contributed by atoms with van der Waals surface area (Å²) in [5, 5.41) is 5.87. The molecule has 5 nitrogen and oxygen atoms in total. The summed E-state index contributed by atoms with van der Waals surface area (Å²) >= 11 is 0. The highest BCUT2D eigenvalue weighted by molar-refractivity contribution is 5.94. The molecule has 0 saturated carbocycles. The van der Waals surface area contributed by atoms with Crippen LogP contribution in [0.4, 0.5) is 5.82 Å². The molecule has 0 aliphatic carbocycles. The molecule has 2 heterocycles. The fourth-order valence-electron chi connectivity index (χ4n) is 2.01. The highest BCUT2D eigenvalue weighted by atomic mass is 16.1. The van der Waals surface area contributed by atoms with Gasteiger partial charge in [0.15, 0.2) is 0 Å². The molecule has 2 rings (SSSR count). The van der Waals surface area contributed by atoms with Gasteiger partial charge in [0, 0.05) is 24.5 Å². The first-order valence-electron chi connectivity index (χ1n) is 7.09. The molecule has 0 atom stereocenters. The molecule has 0 fully saturated rings. The van der Waals surface area contributed by atoms with Crippen LogP contribution >= 0.6 is 0 Å². The molecular weight excluding hydrogens is 264 g/mol. The van der Waals surface area contributed by atoms with Crippen LogP contribution in [-0.2, 0) is 13.0 Å². The number of aryl methyl sites for hydroxylation is 1. The van der Waals surface area contributed by atoms with E-state index in [2.05, 4.69) is 27.5 Å². The maximum Gasteiger partial charge on any atom is 0.251 e. The Bertz CT molecular complexity index is 598. The number of anilines is 1. The van der Waals surface area contributed by atoms with Crippen LogP contribution in [0.1, 0.15) is 35.1 Å². The molecule has 0 unspecified atom stereocenters. The number of carbonyl (C=O) groups is 1. The minimum absolute atomic E-state index is 0.114. The maximum absolute atomic E-state index is 12.2. The first-order valence-corrected chi connectivity index (χ1v) is 7.09. The molecule has 0 spiro atoms. The first kappa shape index (κ1) is 15.0. The minimum Gasteiger partial charge on any atom is -0.373 e. The van der Waals surface area contributed by atoms with Crippen LogP contribution in [0.15, 0.2) is 36.5 Å². The lowest BCUT2D eigenvalue weighted by Gasteiger charge is -2.09. The molecule has 1 amide bonds. The molecule has 110 valence electrons. The van der Waals surface area contributed by atoms with Crippen molar-refractivity contribution < 1.29 is 4.79 Å². The van der Waals surface area contributed by atoms with Crippen molar-refractivity contribution >= 4 is 11.7 Å². The zero-order valence-electron chi connectivity index (χ0n) is 12.4. The Morgan fingerprint density at radius 1 is 1.24 bits per heavy atom. The van der Waals surface area contributed by atoms with Crippen molar-refractivity contribution in [1.29, 1.82) is 0 Å². The quantitative estimate of drug-likeness (QED) is 0.855. The molecular formula is C16H20N4O. The molecule has 2 aromatic rings. The Balaban J connectivity index is 2.09. The lowest BCUT2D eigenvalue weighted by molar-refractivity contribution is 0.0950. The van der Waals surface area contributed by atoms with E-state index in [4.69, 9.17) is 0 Å². The molecule has 5 heteroatoms. The normalized spacial score (nSPS) is 10.2. The number of hydrogen-bond acceptors (Lipinski definition) is 4. The van der Waals surface area contributed by atoms with Crippen molar-refractivity contribution in [3.8, 4) is 0 Å². The zero-order valence-corrected chi connectivity index (χ0v) is 12.4. The van der Waals surface area contributed by atoms with Crippen LogP contribution in [0.3, 0.4) is 0 Å². The summed E-state index contributed by atoms with van der Waals surface area (Å²) in [6.07, 6.45) is 3.57. The monoisotopic (exact) mass is 284 g/mol. The zero-order chi connectivity index (χ0) is 15.1. The smallest absolute Gasteiger partial charge is 0.251 e. The van der Waals surface area contributed by atoms with Crippen LogP contribution in [0.25, 0.3) is 0 Å². The van der Waals surface area contributed by atoms with Gasteiger partial charge in [-0.1, -0.05) is 19.4 Å². The molecule has 0 saturated heterocycles. The van der Waals surface area contributed by atoms with Gasteiger partial charge in [-0.15, -0.1) is 0 Å². The Kier molecular flexibility index (Phi) is 5.26. The number of nitrogens with zero attached hydrogens (tertiary/aromatic N) is 2. The topological polar surface area (TPSA) is 66.9 Å². The van der Waals surface area contributed by atoms with Gasteiger partial charge in [-0.25, -0.2) is 4.98 Å². The number of amides is 1. The van der Waals surface area contributed by atoms with Gasteiger partial charge in [0.05, 0.1) is 12.2 Å². The van der Waals surface area contributed by atoms with Crippen molar-refractivity contribution in [1.82, 2.24) is 15.3 Å². The van der Waals surface area contributed by atoms with E-state index in [0.29, 0.717) is 17.9 Å². The molecule has 0 bridgehead atoms. The second-order valence-corrected chi connectivity index (χ2v) is 4.74. The third-order valence-corrected chi connectivity index (χ3v) is 3.06. The Labute approximate surface area is 124 Å². The van der Waals surface area contributed by atoms with Crippen molar-refractivity contribution in [3.63, 3.8) is 0 Å². The second-order valence-electron chi connectivity index (χ2n) is 4.74. The van der Waals surface area contributed by atoms with Crippen molar-refractivity contribution in [3.05, 3.63) is 53.5 Å². The Hall–Kier alpha value is -2.43. The van der Waals surface area contributed by atoms with Crippen molar-refractivity contribution in [2.24, 2.45) is 0 Å². The van der Waals surface area contributed by atoms with E-state index in [1.807, 2.05) is 24.3 Å². The van der Waals surface area contributed by atoms with E-state index in [9.17, 15) is 4.79 Å². The number of carbonyl (C=O) groups excluding carboxylic acids is 1. The molecule has 2 N–H and O–H groups in total. The summed E-state index contributed by atoms with van der Waals surface area (Å²) in [5.41, 5.74) is 2.38. The van der Waals surface area contributed by atoms with Crippen LogP contribution < -0.4 is 10.6 Å². The molecule has 0 radical (unpaired) electrons. The van der Waals surface area contributed by atoms with Gasteiger partial charge in [-0.2, -0.15) is 0 Å². The predicted octanol–water partition coefficient (Wildman–Crippen LogP) is 2.40. The van der Waals surface area contributed by atoms with Gasteiger partial charge in [-0.05, 0) is 30.7 Å². The average molecular weight is 284 g/mol. The van der Waals surface area contributed by atoms with Crippen LogP contribution in [0.5, 0.6) is 0 Å². The largest absolute Gasteiger partial charge is 0.373 e. The number of aromatic nitrogens is 2. The molecule has 0 aromatic carbocycles. The van der Waals surface area contributed by atoms with Gasteiger partial charge < -0.3 is 10.6 Å². The Morgan fingerprint density at radius 3 is 2.76 bits per heavy atom. The van der Waals surface area contributed by atoms with Gasteiger partial charge in [0.1, 0.15) is 5.82 Å². The standard InChI is InChI=1S/C16H20N4O/c1-3-6-13-9-12(10-15(17-2)20-13)16(21)19-11-14-7-4-5-8-18-14/h4-5,7-10H,3,6,11H2,1-2H3,(H,17,20)(H,19,21). The second kappa shape index (κ2) is 7.38. The minimum atomic E-state index is -0.114. The number of hydrogen-bond donors (Lipinski definition) is 2. The number of pyridine rings is 2. The van der Waals surface area contributed by atoms with E-state index < -0.39 is 0 Å². The Morgan fingerprint density at radius 2 is 2.10 bits per heavy atom. The van der Waals surface area contributed by atoms with E-state index in [1.54, 1.807) is 19.3 Å². The SMILES string of the molecule is CCCc1cc(C(=O)NCc2ccccn2)cc(NC)n1. The summed E-state index contributed by atoms with van der Waals surface area (Å²) in [4.78, 5) is 20.9. The van der Waals surface area contributed by atoms with Crippen LogP contribution in [0, 0.1) is 0 Å². The van der Waals surface area contributed by atoms with E-state index in [1.165, 1.54) is 0 Å². The average Bonchev–Trinajstić information content (AvgIpc) is 2.53. The summed E-state index contributed by atoms with van der Waals surface area (Å²) in [6, 6.07) is 9.24. The molecule has 0 aliphatic rings. The van der Waals surface area contributed by atoms with Crippen LogP contribution in [0.2, 0.25) is 0 Å². The van der Waals surface area contributed by atoms with Gasteiger partial charge in [-0.3, -0.25) is 9.78 Å². The molecule has 21 heavy (non-hydrogen) atoms. The third-order valence-electron chi connectivity index (χ3n) is 3.06. The summed E-state index contributed by atoms with van der Waals surface area (Å²) in [5.74, 6) is 0.598. The van der Waals surface area contributed by atoms with E-state index >= 15 is 0 Å². The lowest BCUT2D eigenvalue weighted by Crippen LogP contribution is -2.23. The summed E-state index contributed by atoms with van der Waals surface area (Å²) < 4.78 is 0. The third kappa shape index (κ3) is 4.27. The highest BCUT2D eigenvalue weighted by Crippen LogP contribution is 2.12. The van der Waals surface area contributed by atoms with E-state index in [-0.39, 0.29) is 5.91 Å². The molecule has 0 aliphatic heterocycles.